The van der Waals surface area contributed by atoms with E-state index in [1.165, 1.54) is 38.2 Å². The van der Waals surface area contributed by atoms with Crippen LogP contribution in [0.5, 0.6) is 0 Å². The van der Waals surface area contributed by atoms with Crippen molar-refractivity contribution in [1.29, 1.82) is 0 Å². The van der Waals surface area contributed by atoms with Crippen LogP contribution in [-0.4, -0.2) is 36.1 Å². The molecule has 0 amide bonds. The highest BCUT2D eigenvalue weighted by Gasteiger charge is 2.32. The third kappa shape index (κ3) is 2.11. The zero-order valence-corrected chi connectivity index (χ0v) is 9.60. The van der Waals surface area contributed by atoms with Gasteiger partial charge in [0.1, 0.15) is 0 Å². The SMILES string of the molecule is c1cncc(CN2CCC3CNCC3C2)c1. The Kier molecular flexibility index (Phi) is 2.89. The number of nitrogens with one attached hydrogen (secondary N) is 1. The minimum Gasteiger partial charge on any atom is -0.316 e. The van der Waals surface area contributed by atoms with Gasteiger partial charge in [0.25, 0.3) is 0 Å². The number of piperidine rings is 1. The van der Waals surface area contributed by atoms with Gasteiger partial charge in [0.2, 0.25) is 0 Å². The van der Waals surface area contributed by atoms with Gasteiger partial charge in [0.15, 0.2) is 0 Å². The van der Waals surface area contributed by atoms with Crippen molar-refractivity contribution in [1.82, 2.24) is 15.2 Å². The van der Waals surface area contributed by atoms with Crippen molar-refractivity contribution in [3.63, 3.8) is 0 Å². The molecule has 3 heterocycles. The van der Waals surface area contributed by atoms with E-state index in [9.17, 15) is 0 Å². The maximum absolute atomic E-state index is 4.18. The Bertz CT molecular complexity index is 338. The predicted octanol–water partition coefficient (Wildman–Crippen LogP) is 1.12. The fourth-order valence-corrected chi connectivity index (χ4v) is 3.00. The average Bonchev–Trinajstić information content (AvgIpc) is 2.77. The van der Waals surface area contributed by atoms with Crippen LogP contribution >= 0.6 is 0 Å². The van der Waals surface area contributed by atoms with Crippen molar-refractivity contribution in [2.45, 2.75) is 13.0 Å². The van der Waals surface area contributed by atoms with E-state index in [1.807, 2.05) is 18.5 Å². The molecule has 1 aromatic rings. The second-order valence-corrected chi connectivity index (χ2v) is 5.06. The zero-order chi connectivity index (χ0) is 10.8. The monoisotopic (exact) mass is 217 g/mol. The van der Waals surface area contributed by atoms with Crippen LogP contribution in [0.2, 0.25) is 0 Å². The van der Waals surface area contributed by atoms with Gasteiger partial charge < -0.3 is 5.32 Å². The first kappa shape index (κ1) is 10.2. The van der Waals surface area contributed by atoms with Crippen LogP contribution < -0.4 is 5.32 Å². The summed E-state index contributed by atoms with van der Waals surface area (Å²) in [5.74, 6) is 1.82. The first-order valence-electron chi connectivity index (χ1n) is 6.24. The molecule has 0 radical (unpaired) electrons. The molecule has 3 heteroatoms. The van der Waals surface area contributed by atoms with Crippen LogP contribution in [0.4, 0.5) is 0 Å². The standard InChI is InChI=1S/C13H19N3/c1-2-11(6-14-4-1)9-16-5-3-12-7-15-8-13(12)10-16/h1-2,4,6,12-13,15H,3,5,7-10H2. The molecule has 3 rings (SSSR count). The number of aromatic nitrogens is 1. The second kappa shape index (κ2) is 4.52. The van der Waals surface area contributed by atoms with Gasteiger partial charge in [-0.05, 0) is 49.5 Å². The van der Waals surface area contributed by atoms with Crippen molar-refractivity contribution in [3.8, 4) is 0 Å². The summed E-state index contributed by atoms with van der Waals surface area (Å²) in [6.07, 6.45) is 5.19. The maximum atomic E-state index is 4.18. The summed E-state index contributed by atoms with van der Waals surface area (Å²) in [6.45, 7) is 6.03. The fraction of sp³-hybridized carbons (Fsp3) is 0.615. The third-order valence-corrected chi connectivity index (χ3v) is 3.92. The Labute approximate surface area is 96.9 Å². The van der Waals surface area contributed by atoms with Crippen LogP contribution in [-0.2, 0) is 6.54 Å². The Hall–Kier alpha value is -0.930. The molecular formula is C13H19N3. The van der Waals surface area contributed by atoms with Crippen LogP contribution in [0.25, 0.3) is 0 Å². The van der Waals surface area contributed by atoms with E-state index in [1.54, 1.807) is 0 Å². The van der Waals surface area contributed by atoms with E-state index >= 15 is 0 Å². The van der Waals surface area contributed by atoms with Crippen LogP contribution in [0.1, 0.15) is 12.0 Å². The Morgan fingerprint density at radius 2 is 2.31 bits per heavy atom. The third-order valence-electron chi connectivity index (χ3n) is 3.92. The number of nitrogens with zero attached hydrogens (tertiary/aromatic N) is 2. The summed E-state index contributed by atoms with van der Waals surface area (Å²) >= 11 is 0. The lowest BCUT2D eigenvalue weighted by atomic mass is 9.88. The summed E-state index contributed by atoms with van der Waals surface area (Å²) < 4.78 is 0. The van der Waals surface area contributed by atoms with Gasteiger partial charge in [-0.2, -0.15) is 0 Å². The number of hydrogen-bond acceptors (Lipinski definition) is 3. The fourth-order valence-electron chi connectivity index (χ4n) is 3.00. The van der Waals surface area contributed by atoms with E-state index in [0.29, 0.717) is 0 Å². The van der Waals surface area contributed by atoms with E-state index in [0.717, 1.165) is 18.4 Å². The van der Waals surface area contributed by atoms with Gasteiger partial charge in [-0.1, -0.05) is 6.07 Å². The summed E-state index contributed by atoms with van der Waals surface area (Å²) in [4.78, 5) is 6.75. The molecule has 86 valence electrons. The molecule has 1 aromatic heterocycles. The van der Waals surface area contributed by atoms with Crippen LogP contribution in [0, 0.1) is 11.8 Å². The lowest BCUT2D eigenvalue weighted by Gasteiger charge is -2.34. The smallest absolute Gasteiger partial charge is 0.0312 e. The quantitative estimate of drug-likeness (QED) is 0.804. The molecule has 2 saturated heterocycles. The maximum Gasteiger partial charge on any atom is 0.0312 e. The number of rotatable bonds is 2. The second-order valence-electron chi connectivity index (χ2n) is 5.06. The minimum atomic E-state index is 0.880. The average molecular weight is 217 g/mol. The Morgan fingerprint density at radius 3 is 3.19 bits per heavy atom. The van der Waals surface area contributed by atoms with Gasteiger partial charge in [-0.25, -0.2) is 0 Å². The summed E-state index contributed by atoms with van der Waals surface area (Å²) in [6, 6.07) is 4.20. The lowest BCUT2D eigenvalue weighted by molar-refractivity contribution is 0.142. The van der Waals surface area contributed by atoms with Crippen molar-refractivity contribution in [3.05, 3.63) is 30.1 Å². The zero-order valence-electron chi connectivity index (χ0n) is 9.60. The van der Waals surface area contributed by atoms with E-state index < -0.39 is 0 Å². The summed E-state index contributed by atoms with van der Waals surface area (Å²) in [7, 11) is 0. The molecule has 2 atom stereocenters. The molecule has 0 bridgehead atoms. The molecule has 3 nitrogen and oxygen atoms in total. The molecule has 0 aliphatic carbocycles. The van der Waals surface area contributed by atoms with Crippen LogP contribution in [0.15, 0.2) is 24.5 Å². The molecule has 0 spiro atoms. The van der Waals surface area contributed by atoms with E-state index in [2.05, 4.69) is 21.3 Å². The lowest BCUT2D eigenvalue weighted by Crippen LogP contribution is -2.39. The first-order chi connectivity index (χ1) is 7.92. The summed E-state index contributed by atoms with van der Waals surface area (Å²) in [5.41, 5.74) is 1.34. The molecular weight excluding hydrogens is 198 g/mol. The molecule has 2 aliphatic heterocycles. The Balaban J connectivity index is 1.60. The largest absolute Gasteiger partial charge is 0.316 e. The molecule has 16 heavy (non-hydrogen) atoms. The highest BCUT2D eigenvalue weighted by atomic mass is 15.1. The van der Waals surface area contributed by atoms with Gasteiger partial charge in [0.05, 0.1) is 0 Å². The number of pyridine rings is 1. The molecule has 0 aromatic carbocycles. The topological polar surface area (TPSA) is 28.2 Å². The van der Waals surface area contributed by atoms with Gasteiger partial charge in [-0.15, -0.1) is 0 Å². The number of likely N-dealkylation sites (tertiary alicyclic amines) is 1. The van der Waals surface area contributed by atoms with E-state index in [-0.39, 0.29) is 0 Å². The number of hydrogen-bond donors (Lipinski definition) is 1. The molecule has 2 unspecified atom stereocenters. The predicted molar refractivity (Wildman–Crippen MR) is 64.0 cm³/mol. The molecule has 0 saturated carbocycles. The molecule has 2 fully saturated rings. The summed E-state index contributed by atoms with van der Waals surface area (Å²) in [5, 5.41) is 3.51. The normalized spacial score (nSPS) is 30.2. The van der Waals surface area contributed by atoms with Crippen molar-refractivity contribution in [2.75, 3.05) is 26.2 Å². The van der Waals surface area contributed by atoms with E-state index in [4.69, 9.17) is 0 Å². The van der Waals surface area contributed by atoms with Crippen molar-refractivity contribution < 1.29 is 0 Å². The number of fused-ring (bicyclic) bond motifs is 1. The molecule has 2 aliphatic rings. The van der Waals surface area contributed by atoms with Gasteiger partial charge in [0, 0.05) is 25.5 Å². The first-order valence-corrected chi connectivity index (χ1v) is 6.24. The molecule has 1 N–H and O–H groups in total. The van der Waals surface area contributed by atoms with Crippen LogP contribution in [0.3, 0.4) is 0 Å². The minimum absolute atomic E-state index is 0.880. The highest BCUT2D eigenvalue weighted by Crippen LogP contribution is 2.27. The highest BCUT2D eigenvalue weighted by molar-refractivity contribution is 5.08. The van der Waals surface area contributed by atoms with Gasteiger partial charge in [-0.3, -0.25) is 9.88 Å². The van der Waals surface area contributed by atoms with Gasteiger partial charge >= 0.3 is 0 Å². The Morgan fingerprint density at radius 1 is 1.38 bits per heavy atom. The van der Waals surface area contributed by atoms with Crippen molar-refractivity contribution >= 4 is 0 Å². The van der Waals surface area contributed by atoms with Crippen molar-refractivity contribution in [2.24, 2.45) is 11.8 Å².